The van der Waals surface area contributed by atoms with Gasteiger partial charge in [0.15, 0.2) is 11.5 Å². The standard InChI is InChI=1S/C44H55N5O9/c1-9-56-42(53)36-26-33-30(14-12-15-34(33)49(36)43(54)58-44(3,4)5)39(51)32-18-17-31(38(45)40(32)55-8)41(52)47(7)35-19-16-28(2)25-37(35)57-24-11-10-13-29(27-50)48-22-20-46(6)21-23-48/h12,14-19,25,36H,9-11,13,20-24,26,45H2,1-8H3. The van der Waals surface area contributed by atoms with Crippen molar-refractivity contribution in [3.05, 3.63) is 82.0 Å². The number of nitrogen functional groups attached to an aromatic ring is 1. The van der Waals surface area contributed by atoms with Crippen molar-refractivity contribution in [2.24, 2.45) is 0 Å². The molecule has 1 unspecified atom stereocenters. The van der Waals surface area contributed by atoms with Crippen LogP contribution in [0.25, 0.3) is 0 Å². The molecule has 2 heterocycles. The minimum absolute atomic E-state index is 0.00601. The summed E-state index contributed by atoms with van der Waals surface area (Å²) >= 11 is 0. The third-order valence-electron chi connectivity index (χ3n) is 10.2. The highest BCUT2D eigenvalue weighted by Gasteiger charge is 2.43. The first kappa shape index (κ1) is 43.3. The number of hydrogen-bond donors (Lipinski definition) is 1. The highest BCUT2D eigenvalue weighted by atomic mass is 16.6. The number of carbonyl (C=O) groups excluding carboxylic acids is 5. The Labute approximate surface area is 340 Å². The van der Waals surface area contributed by atoms with Gasteiger partial charge >= 0.3 is 12.1 Å². The zero-order chi connectivity index (χ0) is 42.3. The van der Waals surface area contributed by atoms with E-state index in [4.69, 9.17) is 24.7 Å². The first-order valence-electron chi connectivity index (χ1n) is 19.6. The Balaban J connectivity index is 1.35. The van der Waals surface area contributed by atoms with Gasteiger partial charge in [-0.25, -0.2) is 14.4 Å². The second kappa shape index (κ2) is 18.6. The Hall–Kier alpha value is -5.85. The zero-order valence-electron chi connectivity index (χ0n) is 34.8. The summed E-state index contributed by atoms with van der Waals surface area (Å²) in [6.07, 6.45) is 1.32. The van der Waals surface area contributed by atoms with E-state index < -0.39 is 35.4 Å². The minimum Gasteiger partial charge on any atom is -0.494 e. The van der Waals surface area contributed by atoms with Crippen LogP contribution in [-0.4, -0.2) is 112 Å². The monoisotopic (exact) mass is 797 g/mol. The summed E-state index contributed by atoms with van der Waals surface area (Å²) in [6, 6.07) is 12.3. The highest BCUT2D eigenvalue weighted by molar-refractivity contribution is 6.17. The molecule has 0 radical (unpaired) electrons. The quantitative estimate of drug-likeness (QED) is 0.0684. The van der Waals surface area contributed by atoms with E-state index in [1.54, 1.807) is 59.0 Å². The number of nitrogens with two attached hydrogens (primary N) is 1. The van der Waals surface area contributed by atoms with Gasteiger partial charge in [-0.1, -0.05) is 18.2 Å². The first-order valence-corrected chi connectivity index (χ1v) is 19.6. The number of amides is 2. The number of carbonyl (C=O) groups is 4. The number of ether oxygens (including phenoxy) is 4. The van der Waals surface area contributed by atoms with E-state index >= 15 is 0 Å². The molecule has 0 aromatic heterocycles. The van der Waals surface area contributed by atoms with E-state index in [0.717, 1.165) is 38.2 Å². The molecule has 1 atom stereocenters. The lowest BCUT2D eigenvalue weighted by molar-refractivity contribution is -0.144. The van der Waals surface area contributed by atoms with Crippen molar-refractivity contribution in [2.75, 3.05) is 76.1 Å². The number of anilines is 3. The molecule has 58 heavy (non-hydrogen) atoms. The van der Waals surface area contributed by atoms with Gasteiger partial charge in [0.1, 0.15) is 23.3 Å². The molecule has 1 fully saturated rings. The van der Waals surface area contributed by atoms with Gasteiger partial charge in [0, 0.05) is 45.2 Å². The maximum absolute atomic E-state index is 14.3. The van der Waals surface area contributed by atoms with Crippen molar-refractivity contribution in [3.63, 3.8) is 0 Å². The number of unbranched alkanes of at least 4 members (excludes halogenated alkanes) is 1. The molecule has 2 N–H and O–H groups in total. The largest absolute Gasteiger partial charge is 0.494 e. The smallest absolute Gasteiger partial charge is 0.415 e. The molecule has 0 saturated carbocycles. The lowest BCUT2D eigenvalue weighted by Crippen LogP contribution is -2.46. The predicted octanol–water partition coefficient (Wildman–Crippen LogP) is 5.83. The second-order valence-corrected chi connectivity index (χ2v) is 15.5. The Morgan fingerprint density at radius 3 is 2.33 bits per heavy atom. The molecule has 0 bridgehead atoms. The zero-order valence-corrected chi connectivity index (χ0v) is 34.8. The lowest BCUT2D eigenvalue weighted by atomic mass is 9.94. The molecule has 0 aliphatic carbocycles. The fraction of sp³-hybridized carbons (Fsp3) is 0.455. The van der Waals surface area contributed by atoms with Crippen molar-refractivity contribution < 1.29 is 42.9 Å². The fourth-order valence-electron chi connectivity index (χ4n) is 7.20. The second-order valence-electron chi connectivity index (χ2n) is 15.5. The predicted molar refractivity (Wildman–Crippen MR) is 222 cm³/mol. The van der Waals surface area contributed by atoms with Crippen LogP contribution in [0, 0.1) is 6.92 Å². The van der Waals surface area contributed by atoms with Crippen LogP contribution < -0.4 is 25.0 Å². The van der Waals surface area contributed by atoms with Gasteiger partial charge in [-0.3, -0.25) is 14.5 Å². The number of ketones is 1. The van der Waals surface area contributed by atoms with Gasteiger partial charge in [-0.15, -0.1) is 0 Å². The van der Waals surface area contributed by atoms with Crippen LogP contribution in [0.5, 0.6) is 11.5 Å². The van der Waals surface area contributed by atoms with Crippen LogP contribution in [0.2, 0.25) is 0 Å². The number of rotatable bonds is 14. The number of allylic oxidation sites excluding steroid dienone is 1. The van der Waals surface area contributed by atoms with E-state index in [0.29, 0.717) is 47.8 Å². The summed E-state index contributed by atoms with van der Waals surface area (Å²) in [5.41, 5.74) is 9.12. The number of hydrogen-bond acceptors (Lipinski definition) is 12. The average Bonchev–Trinajstić information content (AvgIpc) is 3.59. The van der Waals surface area contributed by atoms with Crippen molar-refractivity contribution in [1.29, 1.82) is 0 Å². The maximum atomic E-state index is 14.3. The highest BCUT2D eigenvalue weighted by Crippen LogP contribution is 2.40. The Kier molecular flexibility index (Phi) is 13.9. The molecule has 3 aromatic carbocycles. The molecule has 1 saturated heterocycles. The van der Waals surface area contributed by atoms with Crippen molar-refractivity contribution in [2.45, 2.75) is 71.9 Å². The number of fused-ring (bicyclic) bond motifs is 1. The van der Waals surface area contributed by atoms with Crippen LogP contribution in [0.3, 0.4) is 0 Å². The van der Waals surface area contributed by atoms with E-state index in [9.17, 15) is 24.0 Å². The third-order valence-corrected chi connectivity index (χ3v) is 10.2. The molecular weight excluding hydrogens is 743 g/mol. The molecule has 14 nitrogen and oxygen atoms in total. The summed E-state index contributed by atoms with van der Waals surface area (Å²) in [6.45, 7) is 12.7. The number of benzene rings is 3. The number of nitrogens with zero attached hydrogens (tertiary/aromatic N) is 4. The first-order chi connectivity index (χ1) is 27.6. The number of esters is 1. The van der Waals surface area contributed by atoms with Crippen LogP contribution >= 0.6 is 0 Å². The van der Waals surface area contributed by atoms with E-state index in [1.807, 2.05) is 19.1 Å². The minimum atomic E-state index is -1.04. The molecule has 2 aliphatic heterocycles. The topological polar surface area (TPSA) is 161 Å². The maximum Gasteiger partial charge on any atom is 0.415 e. The molecule has 2 aliphatic rings. The molecule has 5 rings (SSSR count). The van der Waals surface area contributed by atoms with Gasteiger partial charge in [0.25, 0.3) is 5.91 Å². The van der Waals surface area contributed by atoms with E-state index in [1.165, 1.54) is 29.0 Å². The summed E-state index contributed by atoms with van der Waals surface area (Å²) in [7, 11) is 5.05. The average molecular weight is 798 g/mol. The van der Waals surface area contributed by atoms with Crippen LogP contribution in [0.15, 0.2) is 54.2 Å². The number of piperazine rings is 1. The van der Waals surface area contributed by atoms with Crippen molar-refractivity contribution in [1.82, 2.24) is 9.80 Å². The molecule has 2 amide bonds. The molecule has 0 spiro atoms. The molecular formula is C44H55N5O9. The number of methoxy groups -OCH3 is 1. The summed E-state index contributed by atoms with van der Waals surface area (Å²) < 4.78 is 22.8. The Bertz CT molecular complexity index is 2080. The Morgan fingerprint density at radius 1 is 0.966 bits per heavy atom. The van der Waals surface area contributed by atoms with Gasteiger partial charge in [-0.05, 0) is 102 Å². The number of likely N-dealkylation sites (N-methyl/N-ethyl adjacent to an activating group) is 1. The third kappa shape index (κ3) is 9.63. The number of aryl methyl sites for hydroxylation is 1. The van der Waals surface area contributed by atoms with Crippen LogP contribution in [0.1, 0.15) is 84.4 Å². The van der Waals surface area contributed by atoms with Crippen LogP contribution in [0.4, 0.5) is 21.9 Å². The van der Waals surface area contributed by atoms with E-state index in [-0.39, 0.29) is 41.2 Å². The Morgan fingerprint density at radius 2 is 1.67 bits per heavy atom. The normalized spacial score (nSPS) is 15.3. The molecule has 3 aromatic rings. The molecule has 310 valence electrons. The van der Waals surface area contributed by atoms with Crippen molar-refractivity contribution in [3.8, 4) is 11.5 Å². The van der Waals surface area contributed by atoms with Gasteiger partial charge in [0.05, 0.1) is 54.2 Å². The van der Waals surface area contributed by atoms with Gasteiger partial charge < -0.3 is 39.4 Å². The fourth-order valence-corrected chi connectivity index (χ4v) is 7.20. The lowest BCUT2D eigenvalue weighted by Gasteiger charge is -2.34. The summed E-state index contributed by atoms with van der Waals surface area (Å²) in [4.78, 5) is 73.7. The molecule has 14 heteroatoms. The van der Waals surface area contributed by atoms with Crippen LogP contribution in [-0.2, 0) is 25.5 Å². The van der Waals surface area contributed by atoms with Gasteiger partial charge in [-0.2, -0.15) is 0 Å². The summed E-state index contributed by atoms with van der Waals surface area (Å²) in [5, 5.41) is 0. The van der Waals surface area contributed by atoms with E-state index in [2.05, 4.69) is 22.8 Å². The van der Waals surface area contributed by atoms with Gasteiger partial charge in [0.2, 0.25) is 0 Å². The van der Waals surface area contributed by atoms with Crippen molar-refractivity contribution >= 4 is 46.8 Å². The SMILES string of the molecule is CCOC(=O)C1Cc2c(C(=O)c3ccc(C(=O)N(C)c4ccc(C)cc4OCCCCC(=C=O)N4CCN(C)CC4)c(N)c3OC)cccc2N1C(=O)OC(C)(C)C. The summed E-state index contributed by atoms with van der Waals surface area (Å²) in [5.74, 6) is 1.10.